The molecule has 2 unspecified atom stereocenters. The van der Waals surface area contributed by atoms with Crippen molar-refractivity contribution in [3.63, 3.8) is 0 Å². The fourth-order valence-electron chi connectivity index (χ4n) is 2.24. The maximum absolute atomic E-state index is 10.7. The average Bonchev–Trinajstić information content (AvgIpc) is 2.69. The lowest BCUT2D eigenvalue weighted by Crippen LogP contribution is -2.26. The van der Waals surface area contributed by atoms with Gasteiger partial charge < -0.3 is 14.6 Å². The molecule has 3 nitrogen and oxygen atoms in total. The maximum atomic E-state index is 10.7. The summed E-state index contributed by atoms with van der Waals surface area (Å²) in [7, 11) is 3.25. The van der Waals surface area contributed by atoms with E-state index in [4.69, 9.17) is 9.47 Å². The van der Waals surface area contributed by atoms with E-state index >= 15 is 0 Å². The average molecular weight is 254 g/mol. The van der Waals surface area contributed by atoms with Gasteiger partial charge in [-0.1, -0.05) is 6.92 Å². The van der Waals surface area contributed by atoms with Crippen LogP contribution in [0.5, 0.6) is 11.5 Å². The molecule has 1 saturated heterocycles. The summed E-state index contributed by atoms with van der Waals surface area (Å²) in [6, 6.07) is 5.56. The summed E-state index contributed by atoms with van der Waals surface area (Å²) in [5, 5.41) is 11.2. The molecule has 94 valence electrons. The smallest absolute Gasteiger partial charge is 0.125 e. The van der Waals surface area contributed by atoms with Gasteiger partial charge in [0.1, 0.15) is 17.1 Å². The molecule has 0 radical (unpaired) electrons. The molecule has 4 heteroatoms. The van der Waals surface area contributed by atoms with Gasteiger partial charge in [0.05, 0.1) is 14.2 Å². The highest BCUT2D eigenvalue weighted by molar-refractivity contribution is 8.00. The minimum atomic E-state index is -0.802. The summed E-state index contributed by atoms with van der Waals surface area (Å²) in [6.07, 6.45) is 0.751. The lowest BCUT2D eigenvalue weighted by atomic mass is 9.90. The molecule has 1 N–H and O–H groups in total. The van der Waals surface area contributed by atoms with Crippen LogP contribution in [0.1, 0.15) is 18.9 Å². The van der Waals surface area contributed by atoms with Gasteiger partial charge in [-0.15, -0.1) is 0 Å². The van der Waals surface area contributed by atoms with Crippen LogP contribution >= 0.6 is 11.8 Å². The highest BCUT2D eigenvalue weighted by atomic mass is 32.2. The van der Waals surface area contributed by atoms with E-state index in [0.717, 1.165) is 23.5 Å². The molecule has 1 aromatic carbocycles. The number of rotatable bonds is 3. The number of aliphatic hydroxyl groups is 1. The molecule has 17 heavy (non-hydrogen) atoms. The van der Waals surface area contributed by atoms with E-state index in [0.29, 0.717) is 11.0 Å². The fourth-order valence-corrected chi connectivity index (χ4v) is 3.47. The van der Waals surface area contributed by atoms with Crippen LogP contribution in [-0.4, -0.2) is 30.3 Å². The van der Waals surface area contributed by atoms with Crippen LogP contribution in [0, 0.1) is 0 Å². The summed E-state index contributed by atoms with van der Waals surface area (Å²) >= 11 is 1.79. The van der Waals surface area contributed by atoms with Crippen LogP contribution in [0.3, 0.4) is 0 Å². The van der Waals surface area contributed by atoms with Crippen molar-refractivity contribution in [3.05, 3.63) is 23.8 Å². The van der Waals surface area contributed by atoms with Crippen molar-refractivity contribution in [2.24, 2.45) is 0 Å². The number of methoxy groups -OCH3 is 2. The Morgan fingerprint density at radius 3 is 2.65 bits per heavy atom. The molecule has 1 fully saturated rings. The third kappa shape index (κ3) is 2.38. The normalized spacial score (nSPS) is 28.1. The van der Waals surface area contributed by atoms with Crippen LogP contribution in [0.25, 0.3) is 0 Å². The Balaban J connectivity index is 2.41. The van der Waals surface area contributed by atoms with Crippen molar-refractivity contribution >= 4 is 11.8 Å². The molecule has 0 amide bonds. The third-order valence-electron chi connectivity index (χ3n) is 3.14. The SMILES string of the molecule is COc1ccc(OC)c(C2(O)CSC(C)C2)c1. The van der Waals surface area contributed by atoms with Crippen LogP contribution in [0.15, 0.2) is 18.2 Å². The quantitative estimate of drug-likeness (QED) is 0.899. The second-order valence-electron chi connectivity index (χ2n) is 4.42. The molecule has 0 bridgehead atoms. The number of benzene rings is 1. The van der Waals surface area contributed by atoms with Gasteiger partial charge in [-0.05, 0) is 24.6 Å². The molecule has 1 aliphatic rings. The second kappa shape index (κ2) is 4.78. The maximum Gasteiger partial charge on any atom is 0.125 e. The predicted octanol–water partition coefficient (Wildman–Crippen LogP) is 2.42. The van der Waals surface area contributed by atoms with Crippen molar-refractivity contribution in [2.75, 3.05) is 20.0 Å². The van der Waals surface area contributed by atoms with Crippen LogP contribution < -0.4 is 9.47 Å². The number of hydrogen-bond donors (Lipinski definition) is 1. The van der Waals surface area contributed by atoms with Crippen molar-refractivity contribution in [1.82, 2.24) is 0 Å². The molecule has 2 rings (SSSR count). The molecular weight excluding hydrogens is 236 g/mol. The molecule has 0 saturated carbocycles. The lowest BCUT2D eigenvalue weighted by molar-refractivity contribution is 0.0583. The summed E-state index contributed by atoms with van der Waals surface area (Å²) < 4.78 is 10.5. The van der Waals surface area contributed by atoms with E-state index in [1.807, 2.05) is 18.2 Å². The minimum absolute atomic E-state index is 0.468. The van der Waals surface area contributed by atoms with E-state index in [1.165, 1.54) is 0 Å². The van der Waals surface area contributed by atoms with Gasteiger partial charge in [0.15, 0.2) is 0 Å². The van der Waals surface area contributed by atoms with E-state index in [9.17, 15) is 5.11 Å². The Hall–Kier alpha value is -0.870. The second-order valence-corrected chi connectivity index (χ2v) is 5.85. The Bertz CT molecular complexity index is 408. The summed E-state index contributed by atoms with van der Waals surface area (Å²) in [5.74, 6) is 2.18. The van der Waals surface area contributed by atoms with Crippen LogP contribution in [-0.2, 0) is 5.60 Å². The fraction of sp³-hybridized carbons (Fsp3) is 0.538. The standard InChI is InChI=1S/C13H18O3S/c1-9-7-13(14,8-17-9)11-6-10(15-2)4-5-12(11)16-3/h4-6,9,14H,7-8H2,1-3H3. The van der Waals surface area contributed by atoms with Crippen molar-refractivity contribution in [2.45, 2.75) is 24.2 Å². The Morgan fingerprint density at radius 1 is 1.35 bits per heavy atom. The summed E-state index contributed by atoms with van der Waals surface area (Å²) in [5.41, 5.74) is 0.0282. The highest BCUT2D eigenvalue weighted by Gasteiger charge is 2.39. The Labute approximate surface area is 106 Å². The van der Waals surface area contributed by atoms with Crippen molar-refractivity contribution in [1.29, 1.82) is 0 Å². The first-order valence-corrected chi connectivity index (χ1v) is 6.70. The van der Waals surface area contributed by atoms with Gasteiger partial charge in [-0.25, -0.2) is 0 Å². The molecule has 0 aromatic heterocycles. The summed E-state index contributed by atoms with van der Waals surface area (Å²) in [6.45, 7) is 2.13. The molecule has 1 aromatic rings. The van der Waals surface area contributed by atoms with Crippen molar-refractivity contribution in [3.8, 4) is 11.5 Å². The van der Waals surface area contributed by atoms with E-state index in [1.54, 1.807) is 26.0 Å². The largest absolute Gasteiger partial charge is 0.497 e. The van der Waals surface area contributed by atoms with Crippen LogP contribution in [0.4, 0.5) is 0 Å². The first kappa shape index (κ1) is 12.6. The zero-order valence-corrected chi connectivity index (χ0v) is 11.2. The monoisotopic (exact) mass is 254 g/mol. The van der Waals surface area contributed by atoms with E-state index < -0.39 is 5.60 Å². The third-order valence-corrected chi connectivity index (χ3v) is 4.52. The zero-order valence-electron chi connectivity index (χ0n) is 10.4. The molecule has 1 heterocycles. The molecule has 2 atom stereocenters. The predicted molar refractivity (Wildman–Crippen MR) is 70.0 cm³/mol. The first-order valence-electron chi connectivity index (χ1n) is 5.65. The molecule has 0 aliphatic carbocycles. The van der Waals surface area contributed by atoms with Crippen molar-refractivity contribution < 1.29 is 14.6 Å². The number of ether oxygens (including phenoxy) is 2. The molecular formula is C13H18O3S. The Kier molecular flexibility index (Phi) is 3.54. The van der Waals surface area contributed by atoms with E-state index in [-0.39, 0.29) is 0 Å². The number of thioether (sulfide) groups is 1. The van der Waals surface area contributed by atoms with Gasteiger partial charge in [0.25, 0.3) is 0 Å². The highest BCUT2D eigenvalue weighted by Crippen LogP contribution is 2.45. The number of hydrogen-bond acceptors (Lipinski definition) is 4. The van der Waals surface area contributed by atoms with E-state index in [2.05, 4.69) is 6.92 Å². The zero-order chi connectivity index (χ0) is 12.5. The lowest BCUT2D eigenvalue weighted by Gasteiger charge is -2.25. The molecule has 0 spiro atoms. The Morgan fingerprint density at radius 2 is 2.12 bits per heavy atom. The van der Waals surface area contributed by atoms with Gasteiger partial charge in [0, 0.05) is 16.6 Å². The summed E-state index contributed by atoms with van der Waals surface area (Å²) in [4.78, 5) is 0. The van der Waals surface area contributed by atoms with Crippen LogP contribution in [0.2, 0.25) is 0 Å². The van der Waals surface area contributed by atoms with Gasteiger partial charge in [-0.2, -0.15) is 11.8 Å². The topological polar surface area (TPSA) is 38.7 Å². The molecule has 1 aliphatic heterocycles. The first-order chi connectivity index (χ1) is 8.09. The van der Waals surface area contributed by atoms with Gasteiger partial charge >= 0.3 is 0 Å². The minimum Gasteiger partial charge on any atom is -0.497 e. The van der Waals surface area contributed by atoms with Gasteiger partial charge in [0.2, 0.25) is 0 Å². The van der Waals surface area contributed by atoms with Gasteiger partial charge in [-0.3, -0.25) is 0 Å².